The number of hydrogen-bond donors (Lipinski definition) is 1. The first kappa shape index (κ1) is 19.3. The number of hydrogen-bond acceptors (Lipinski definition) is 1. The minimum atomic E-state index is -1.18. The van der Waals surface area contributed by atoms with E-state index in [9.17, 15) is 5.11 Å². The van der Waals surface area contributed by atoms with Gasteiger partial charge in [0.05, 0.1) is 0 Å². The summed E-state index contributed by atoms with van der Waals surface area (Å²) < 4.78 is 1.27. The molecule has 5 rings (SSSR count). The van der Waals surface area contributed by atoms with Crippen molar-refractivity contribution >= 4 is 19.4 Å². The van der Waals surface area contributed by atoms with E-state index in [1.54, 1.807) is 0 Å². The minimum absolute atomic E-state index is 0.214. The standard InChI is InChI=1S/C28H24OSe/c29-28(23-13-3-1-4-14-23,24-15-5-2-6-16-24)25-17-9-10-18-26(25)30-27-21-11-7-8-12-22(27)20-19-21/h1-22,27,29H. The second-order valence-electron chi connectivity index (χ2n) is 7.83. The van der Waals surface area contributed by atoms with Crippen LogP contribution < -0.4 is 4.46 Å². The van der Waals surface area contributed by atoms with Crippen LogP contribution in [0.1, 0.15) is 16.7 Å². The van der Waals surface area contributed by atoms with Crippen LogP contribution in [-0.2, 0) is 5.60 Å². The van der Waals surface area contributed by atoms with Crippen molar-refractivity contribution in [2.45, 2.75) is 10.4 Å². The van der Waals surface area contributed by atoms with Gasteiger partial charge in [0.2, 0.25) is 0 Å². The monoisotopic (exact) mass is 456 g/mol. The summed E-state index contributed by atoms with van der Waals surface area (Å²) in [6, 6.07) is 28.6. The van der Waals surface area contributed by atoms with Crippen LogP contribution in [0, 0.1) is 11.8 Å². The molecule has 3 aromatic carbocycles. The zero-order valence-electron chi connectivity index (χ0n) is 16.6. The fourth-order valence-electron chi connectivity index (χ4n) is 4.47. The van der Waals surface area contributed by atoms with Crippen molar-refractivity contribution in [3.8, 4) is 0 Å². The Morgan fingerprint density at radius 2 is 1.10 bits per heavy atom. The number of rotatable bonds is 5. The van der Waals surface area contributed by atoms with E-state index in [2.05, 4.69) is 54.7 Å². The van der Waals surface area contributed by atoms with Gasteiger partial charge in [-0.3, -0.25) is 0 Å². The molecule has 1 N–H and O–H groups in total. The molecule has 0 heterocycles. The number of fused-ring (bicyclic) bond motifs is 2. The van der Waals surface area contributed by atoms with Crippen LogP contribution >= 0.6 is 0 Å². The predicted molar refractivity (Wildman–Crippen MR) is 125 cm³/mol. The third-order valence-corrected chi connectivity index (χ3v) is 9.18. The maximum atomic E-state index is 12.3. The molecule has 0 aliphatic heterocycles. The average Bonchev–Trinajstić information content (AvgIpc) is 3.06. The molecule has 2 bridgehead atoms. The van der Waals surface area contributed by atoms with Gasteiger partial charge in [-0.25, -0.2) is 0 Å². The molecule has 0 saturated carbocycles. The van der Waals surface area contributed by atoms with E-state index in [0.29, 0.717) is 16.7 Å². The van der Waals surface area contributed by atoms with Gasteiger partial charge in [0, 0.05) is 0 Å². The fraction of sp³-hybridized carbons (Fsp3) is 0.143. The van der Waals surface area contributed by atoms with Crippen LogP contribution in [0.2, 0.25) is 4.82 Å². The van der Waals surface area contributed by atoms with Gasteiger partial charge in [0.25, 0.3) is 0 Å². The third-order valence-electron chi connectivity index (χ3n) is 6.02. The van der Waals surface area contributed by atoms with Gasteiger partial charge in [-0.15, -0.1) is 0 Å². The summed E-state index contributed by atoms with van der Waals surface area (Å²) in [5, 5.41) is 12.3. The average molecular weight is 455 g/mol. The van der Waals surface area contributed by atoms with Gasteiger partial charge in [-0.05, 0) is 0 Å². The van der Waals surface area contributed by atoms with Crippen molar-refractivity contribution in [2.24, 2.45) is 11.8 Å². The fourth-order valence-corrected chi connectivity index (χ4v) is 7.56. The molecule has 0 saturated heterocycles. The van der Waals surface area contributed by atoms with E-state index >= 15 is 0 Å². The van der Waals surface area contributed by atoms with Crippen molar-refractivity contribution in [1.29, 1.82) is 0 Å². The summed E-state index contributed by atoms with van der Waals surface area (Å²) in [6.07, 6.45) is 13.7. The molecule has 3 aromatic rings. The van der Waals surface area contributed by atoms with Crippen LogP contribution in [0.25, 0.3) is 0 Å². The number of allylic oxidation sites excluding steroid dienone is 6. The summed E-state index contributed by atoms with van der Waals surface area (Å²) in [7, 11) is 0. The van der Waals surface area contributed by atoms with E-state index in [1.165, 1.54) is 4.46 Å². The molecule has 30 heavy (non-hydrogen) atoms. The first-order valence-corrected chi connectivity index (χ1v) is 12.2. The molecule has 2 aliphatic rings. The molecular weight excluding hydrogens is 431 g/mol. The van der Waals surface area contributed by atoms with Crippen molar-refractivity contribution in [3.63, 3.8) is 0 Å². The Morgan fingerprint density at radius 1 is 0.600 bits per heavy atom. The summed E-state index contributed by atoms with van der Waals surface area (Å²) >= 11 is 0.214. The Bertz CT molecular complexity index is 1040. The summed E-state index contributed by atoms with van der Waals surface area (Å²) in [6.45, 7) is 0. The molecule has 2 heteroatoms. The van der Waals surface area contributed by atoms with Crippen molar-refractivity contribution in [1.82, 2.24) is 0 Å². The first-order valence-electron chi connectivity index (χ1n) is 10.4. The van der Waals surface area contributed by atoms with Gasteiger partial charge < -0.3 is 0 Å². The molecule has 0 amide bonds. The van der Waals surface area contributed by atoms with E-state index in [1.807, 2.05) is 66.7 Å². The Balaban J connectivity index is 1.62. The van der Waals surface area contributed by atoms with Crippen molar-refractivity contribution < 1.29 is 5.11 Å². The predicted octanol–water partition coefficient (Wildman–Crippen LogP) is 5.02. The van der Waals surface area contributed by atoms with Gasteiger partial charge in [-0.2, -0.15) is 0 Å². The second-order valence-corrected chi connectivity index (χ2v) is 10.4. The Hall–Kier alpha value is -2.64. The van der Waals surface area contributed by atoms with Gasteiger partial charge >= 0.3 is 185 Å². The van der Waals surface area contributed by atoms with E-state index < -0.39 is 5.60 Å². The van der Waals surface area contributed by atoms with Crippen LogP contribution in [0.3, 0.4) is 0 Å². The van der Waals surface area contributed by atoms with E-state index in [0.717, 1.165) is 16.7 Å². The molecule has 2 atom stereocenters. The summed E-state index contributed by atoms with van der Waals surface area (Å²) in [4.78, 5) is 0.546. The Labute approximate surface area is 184 Å². The third kappa shape index (κ3) is 3.42. The molecule has 0 spiro atoms. The van der Waals surface area contributed by atoms with Crippen molar-refractivity contribution in [2.75, 3.05) is 0 Å². The molecule has 148 valence electrons. The zero-order valence-corrected chi connectivity index (χ0v) is 18.3. The quantitative estimate of drug-likeness (QED) is 0.326. The number of aliphatic hydroxyl groups is 1. The molecule has 0 radical (unpaired) electrons. The van der Waals surface area contributed by atoms with E-state index in [-0.39, 0.29) is 15.0 Å². The Morgan fingerprint density at radius 3 is 1.67 bits per heavy atom. The number of benzene rings is 3. The SMILES string of the molecule is OC(c1ccccc1)(c1ccccc1)c1ccccc1[Se]C1C2C=CC=CC1C=C2. The summed E-state index contributed by atoms with van der Waals surface area (Å²) in [5.41, 5.74) is 1.63. The van der Waals surface area contributed by atoms with Crippen LogP contribution in [0.4, 0.5) is 0 Å². The molecule has 2 aliphatic carbocycles. The molecule has 0 aromatic heterocycles. The maximum absolute atomic E-state index is 12.3. The van der Waals surface area contributed by atoms with Gasteiger partial charge in [0.1, 0.15) is 0 Å². The normalized spacial score (nSPS) is 22.2. The van der Waals surface area contributed by atoms with E-state index in [4.69, 9.17) is 0 Å². The first-order chi connectivity index (χ1) is 14.8. The van der Waals surface area contributed by atoms with Crippen molar-refractivity contribution in [3.05, 3.63) is 138 Å². The second kappa shape index (κ2) is 8.24. The molecule has 0 fully saturated rings. The molecule has 1 nitrogen and oxygen atoms in total. The van der Waals surface area contributed by atoms with Crippen LogP contribution in [-0.4, -0.2) is 20.1 Å². The van der Waals surface area contributed by atoms with Crippen LogP contribution in [0.15, 0.2) is 121 Å². The Kier molecular flexibility index (Phi) is 5.31. The van der Waals surface area contributed by atoms with Gasteiger partial charge in [-0.1, -0.05) is 0 Å². The molecular formula is C28H24OSe. The van der Waals surface area contributed by atoms with Crippen LogP contribution in [0.5, 0.6) is 0 Å². The topological polar surface area (TPSA) is 20.2 Å². The zero-order chi connectivity index (χ0) is 20.4. The summed E-state index contributed by atoms with van der Waals surface area (Å²) in [5.74, 6) is 0.944. The molecule has 2 unspecified atom stereocenters. The van der Waals surface area contributed by atoms with Gasteiger partial charge in [0.15, 0.2) is 0 Å².